The van der Waals surface area contributed by atoms with Crippen molar-refractivity contribution in [2.75, 3.05) is 6.54 Å². The minimum absolute atomic E-state index is 0.450. The quantitative estimate of drug-likeness (QED) is 0.544. The minimum Gasteiger partial charge on any atom is -0.371 e. The van der Waals surface area contributed by atoms with E-state index in [-0.39, 0.29) is 0 Å². The number of hydrogen-bond acceptors (Lipinski definition) is 2. The van der Waals surface area contributed by atoms with Crippen LogP contribution in [-0.2, 0) is 0 Å². The van der Waals surface area contributed by atoms with E-state index in [1.54, 1.807) is 0 Å². The van der Waals surface area contributed by atoms with Crippen molar-refractivity contribution in [1.82, 2.24) is 9.80 Å². The third kappa shape index (κ3) is 4.40. The summed E-state index contributed by atoms with van der Waals surface area (Å²) in [7, 11) is 0. The molecule has 2 atom stereocenters. The molecule has 0 saturated carbocycles. The standard InChI is InChI=1S/C21H34N2/c1-9-13-16(5)23(12-4)21(11-3)15-22-14-20(10-2)18(7)17(6)19(22)8/h10,12,14,16,21H,2,4,7,9,11,13,15H2,1,3,5-6,8H3. The van der Waals surface area contributed by atoms with Crippen LogP contribution >= 0.6 is 0 Å². The van der Waals surface area contributed by atoms with Crippen LogP contribution in [0.15, 0.2) is 60.6 Å². The Morgan fingerprint density at radius 1 is 1.26 bits per heavy atom. The molecule has 0 aromatic rings. The SMILES string of the molecule is C=CC1=CN(CC(CC)N(C=C)C(C)CCC)C(C)=C(C)C1=C. The van der Waals surface area contributed by atoms with Gasteiger partial charge in [0, 0.05) is 30.5 Å². The van der Waals surface area contributed by atoms with Crippen molar-refractivity contribution in [1.29, 1.82) is 0 Å². The average Bonchev–Trinajstić information content (AvgIpc) is 2.54. The lowest BCUT2D eigenvalue weighted by atomic mass is 9.95. The molecule has 0 bridgehead atoms. The Kier molecular flexibility index (Phi) is 7.41. The Morgan fingerprint density at radius 3 is 2.39 bits per heavy atom. The molecule has 1 heterocycles. The molecule has 1 aliphatic rings. The van der Waals surface area contributed by atoms with Crippen molar-refractivity contribution in [3.8, 4) is 0 Å². The summed E-state index contributed by atoms with van der Waals surface area (Å²) in [6.45, 7) is 24.2. The zero-order valence-electron chi connectivity index (χ0n) is 15.7. The number of hydrogen-bond donors (Lipinski definition) is 0. The minimum atomic E-state index is 0.450. The predicted octanol–water partition coefficient (Wildman–Crippen LogP) is 5.63. The molecule has 2 heteroatoms. The summed E-state index contributed by atoms with van der Waals surface area (Å²) in [5.41, 5.74) is 4.74. The van der Waals surface area contributed by atoms with Crippen LogP contribution in [-0.4, -0.2) is 28.4 Å². The second-order valence-electron chi connectivity index (χ2n) is 6.46. The molecular formula is C21H34N2. The Labute approximate surface area is 143 Å². The summed E-state index contributed by atoms with van der Waals surface area (Å²) in [6.07, 6.45) is 9.59. The first-order chi connectivity index (χ1) is 10.9. The van der Waals surface area contributed by atoms with E-state index in [1.807, 2.05) is 12.3 Å². The predicted molar refractivity (Wildman–Crippen MR) is 103 cm³/mol. The fourth-order valence-electron chi connectivity index (χ4n) is 3.28. The number of allylic oxidation sites excluding steroid dienone is 5. The van der Waals surface area contributed by atoms with Gasteiger partial charge in [-0.15, -0.1) is 0 Å². The molecule has 2 unspecified atom stereocenters. The van der Waals surface area contributed by atoms with Crippen molar-refractivity contribution < 1.29 is 0 Å². The van der Waals surface area contributed by atoms with Crippen LogP contribution in [0.1, 0.15) is 53.9 Å². The Morgan fingerprint density at radius 2 is 1.91 bits per heavy atom. The molecule has 0 aliphatic carbocycles. The first kappa shape index (κ1) is 19.3. The van der Waals surface area contributed by atoms with Crippen LogP contribution in [0.25, 0.3) is 0 Å². The lowest BCUT2D eigenvalue weighted by molar-refractivity contribution is 0.173. The zero-order valence-corrected chi connectivity index (χ0v) is 15.7. The lowest BCUT2D eigenvalue weighted by Gasteiger charge is -2.39. The van der Waals surface area contributed by atoms with Crippen LogP contribution in [0.4, 0.5) is 0 Å². The van der Waals surface area contributed by atoms with Gasteiger partial charge in [-0.2, -0.15) is 0 Å². The first-order valence-electron chi connectivity index (χ1n) is 8.79. The number of nitrogens with zero attached hydrogens (tertiary/aromatic N) is 2. The Hall–Kier alpha value is -1.70. The van der Waals surface area contributed by atoms with Crippen molar-refractivity contribution in [3.05, 3.63) is 60.6 Å². The highest BCUT2D eigenvalue weighted by Crippen LogP contribution is 2.30. The van der Waals surface area contributed by atoms with Gasteiger partial charge in [-0.1, -0.05) is 46.1 Å². The first-order valence-corrected chi connectivity index (χ1v) is 8.79. The molecule has 1 aliphatic heterocycles. The van der Waals surface area contributed by atoms with E-state index in [4.69, 9.17) is 0 Å². The molecule has 128 valence electrons. The fourth-order valence-corrected chi connectivity index (χ4v) is 3.28. The van der Waals surface area contributed by atoms with Gasteiger partial charge in [0.05, 0.1) is 0 Å². The second-order valence-corrected chi connectivity index (χ2v) is 6.46. The molecular weight excluding hydrogens is 280 g/mol. The molecule has 2 nitrogen and oxygen atoms in total. The van der Waals surface area contributed by atoms with Crippen molar-refractivity contribution >= 4 is 0 Å². The summed E-state index contributed by atoms with van der Waals surface area (Å²) in [6, 6.07) is 0.973. The van der Waals surface area contributed by atoms with Crippen LogP contribution in [0.2, 0.25) is 0 Å². The summed E-state index contributed by atoms with van der Waals surface area (Å²) in [5, 5.41) is 0. The van der Waals surface area contributed by atoms with Crippen LogP contribution < -0.4 is 0 Å². The van der Waals surface area contributed by atoms with Gasteiger partial charge in [0.25, 0.3) is 0 Å². The fraction of sp³-hybridized carbons (Fsp3) is 0.524. The molecule has 0 amide bonds. The molecule has 0 aromatic carbocycles. The molecule has 0 aromatic heterocycles. The van der Waals surface area contributed by atoms with E-state index in [2.05, 4.69) is 70.4 Å². The third-order valence-corrected chi connectivity index (χ3v) is 5.02. The van der Waals surface area contributed by atoms with Gasteiger partial charge in [-0.25, -0.2) is 0 Å². The maximum atomic E-state index is 4.18. The van der Waals surface area contributed by atoms with Gasteiger partial charge in [0.15, 0.2) is 0 Å². The van der Waals surface area contributed by atoms with Gasteiger partial charge in [0.2, 0.25) is 0 Å². The van der Waals surface area contributed by atoms with E-state index in [9.17, 15) is 0 Å². The van der Waals surface area contributed by atoms with Gasteiger partial charge >= 0.3 is 0 Å². The zero-order chi connectivity index (χ0) is 17.6. The van der Waals surface area contributed by atoms with Gasteiger partial charge < -0.3 is 9.80 Å². The highest BCUT2D eigenvalue weighted by atomic mass is 15.2. The van der Waals surface area contributed by atoms with Gasteiger partial charge in [-0.05, 0) is 56.5 Å². The van der Waals surface area contributed by atoms with Crippen molar-refractivity contribution in [2.24, 2.45) is 0 Å². The monoisotopic (exact) mass is 314 g/mol. The van der Waals surface area contributed by atoms with E-state index in [0.29, 0.717) is 12.1 Å². The third-order valence-electron chi connectivity index (χ3n) is 5.02. The summed E-state index contributed by atoms with van der Waals surface area (Å²) in [4.78, 5) is 4.78. The molecule has 23 heavy (non-hydrogen) atoms. The van der Waals surface area contributed by atoms with E-state index >= 15 is 0 Å². The Balaban J connectivity index is 3.01. The Bertz CT molecular complexity index is 506. The largest absolute Gasteiger partial charge is 0.371 e. The molecule has 0 fully saturated rings. The van der Waals surface area contributed by atoms with Gasteiger partial charge in [-0.3, -0.25) is 0 Å². The number of rotatable bonds is 9. The van der Waals surface area contributed by atoms with E-state index in [1.165, 1.54) is 24.1 Å². The van der Waals surface area contributed by atoms with Crippen molar-refractivity contribution in [2.45, 2.75) is 66.0 Å². The second kappa shape index (κ2) is 8.81. The molecule has 0 saturated heterocycles. The molecule has 0 N–H and O–H groups in total. The van der Waals surface area contributed by atoms with Crippen molar-refractivity contribution in [3.63, 3.8) is 0 Å². The van der Waals surface area contributed by atoms with Crippen LogP contribution in [0, 0.1) is 0 Å². The van der Waals surface area contributed by atoms with E-state index < -0.39 is 0 Å². The lowest BCUT2D eigenvalue weighted by Crippen LogP contribution is -2.43. The molecule has 0 spiro atoms. The molecule has 1 rings (SSSR count). The highest BCUT2D eigenvalue weighted by molar-refractivity contribution is 5.53. The molecule has 0 radical (unpaired) electrons. The summed E-state index contributed by atoms with van der Waals surface area (Å²) in [5.74, 6) is 0. The van der Waals surface area contributed by atoms with E-state index in [0.717, 1.165) is 24.1 Å². The summed E-state index contributed by atoms with van der Waals surface area (Å²) < 4.78 is 0. The smallest absolute Gasteiger partial charge is 0.0463 e. The topological polar surface area (TPSA) is 6.48 Å². The summed E-state index contributed by atoms with van der Waals surface area (Å²) >= 11 is 0. The highest BCUT2D eigenvalue weighted by Gasteiger charge is 2.23. The van der Waals surface area contributed by atoms with Crippen LogP contribution in [0.5, 0.6) is 0 Å². The maximum Gasteiger partial charge on any atom is 0.0463 e. The van der Waals surface area contributed by atoms with Crippen LogP contribution in [0.3, 0.4) is 0 Å². The maximum absolute atomic E-state index is 4.18. The van der Waals surface area contributed by atoms with Gasteiger partial charge in [0.1, 0.15) is 0 Å². The average molecular weight is 315 g/mol. The normalized spacial score (nSPS) is 17.7.